The van der Waals surface area contributed by atoms with Crippen molar-refractivity contribution in [2.45, 2.75) is 25.1 Å². The molecular formula is C14H12ClF3OS. The van der Waals surface area contributed by atoms with Gasteiger partial charge in [-0.1, -0.05) is 23.7 Å². The number of halogens is 4. The largest absolute Gasteiger partial charge is 0.416 e. The van der Waals surface area contributed by atoms with Crippen LogP contribution in [0.1, 0.15) is 16.0 Å². The molecule has 1 heterocycles. The van der Waals surface area contributed by atoms with Crippen LogP contribution in [0.2, 0.25) is 4.34 Å². The first-order chi connectivity index (χ1) is 9.34. The van der Waals surface area contributed by atoms with Gasteiger partial charge in [-0.25, -0.2) is 0 Å². The van der Waals surface area contributed by atoms with Gasteiger partial charge in [0.15, 0.2) is 0 Å². The molecule has 1 nitrogen and oxygen atoms in total. The summed E-state index contributed by atoms with van der Waals surface area (Å²) in [6.07, 6.45) is -4.21. The average Bonchev–Trinajstić information content (AvgIpc) is 2.74. The quantitative estimate of drug-likeness (QED) is 0.875. The predicted molar refractivity (Wildman–Crippen MR) is 74.2 cm³/mol. The van der Waals surface area contributed by atoms with E-state index in [-0.39, 0.29) is 0 Å². The molecule has 1 aromatic carbocycles. The molecule has 0 aliphatic heterocycles. The predicted octanol–water partition coefficient (Wildman–Crippen LogP) is 4.57. The molecule has 6 heteroatoms. The molecule has 1 aromatic heterocycles. The number of hydrogen-bond acceptors (Lipinski definition) is 2. The van der Waals surface area contributed by atoms with Gasteiger partial charge in [0, 0.05) is 11.3 Å². The van der Waals surface area contributed by atoms with Gasteiger partial charge in [-0.15, -0.1) is 11.3 Å². The lowest BCUT2D eigenvalue weighted by Crippen LogP contribution is -2.13. The van der Waals surface area contributed by atoms with Crippen molar-refractivity contribution in [2.24, 2.45) is 0 Å². The smallest absolute Gasteiger partial charge is 0.392 e. The molecule has 0 aliphatic rings. The summed E-state index contributed by atoms with van der Waals surface area (Å²) in [5, 5.41) is 9.94. The molecule has 0 amide bonds. The SMILES string of the molecule is OC(Cc1ccc(C(F)(F)F)cc1)Cc1ccc(Cl)s1. The fourth-order valence-electron chi connectivity index (χ4n) is 1.87. The Balaban J connectivity index is 1.96. The van der Waals surface area contributed by atoms with E-state index in [1.807, 2.05) is 6.07 Å². The zero-order chi connectivity index (χ0) is 14.8. The highest BCUT2D eigenvalue weighted by Gasteiger charge is 2.29. The Bertz CT molecular complexity index is 563. The standard InChI is InChI=1S/C14H12ClF3OS/c15-13-6-5-12(20-13)8-11(19)7-9-1-3-10(4-2-9)14(16,17)18/h1-6,11,19H,7-8H2. The normalized spacial score (nSPS) is 13.4. The maximum absolute atomic E-state index is 12.4. The highest BCUT2D eigenvalue weighted by atomic mass is 35.5. The van der Waals surface area contributed by atoms with E-state index in [1.165, 1.54) is 23.5 Å². The third-order valence-corrected chi connectivity index (χ3v) is 4.07. The highest BCUT2D eigenvalue weighted by molar-refractivity contribution is 7.16. The van der Waals surface area contributed by atoms with Gasteiger partial charge in [0.2, 0.25) is 0 Å². The molecule has 0 fully saturated rings. The van der Waals surface area contributed by atoms with Gasteiger partial charge in [0.05, 0.1) is 16.0 Å². The molecule has 2 rings (SSSR count). The third-order valence-electron chi connectivity index (χ3n) is 2.82. The molecule has 0 aliphatic carbocycles. The van der Waals surface area contributed by atoms with Gasteiger partial charge in [-0.05, 0) is 36.2 Å². The van der Waals surface area contributed by atoms with E-state index in [1.54, 1.807) is 6.07 Å². The van der Waals surface area contributed by atoms with Gasteiger partial charge in [0.25, 0.3) is 0 Å². The van der Waals surface area contributed by atoms with Crippen molar-refractivity contribution in [1.82, 2.24) is 0 Å². The van der Waals surface area contributed by atoms with Crippen LogP contribution >= 0.6 is 22.9 Å². The van der Waals surface area contributed by atoms with Crippen molar-refractivity contribution in [1.29, 1.82) is 0 Å². The molecule has 2 aromatic rings. The molecule has 0 radical (unpaired) electrons. The summed E-state index contributed by atoms with van der Waals surface area (Å²) in [6, 6.07) is 8.45. The number of alkyl halides is 3. The minimum atomic E-state index is -4.33. The van der Waals surface area contributed by atoms with E-state index < -0.39 is 17.8 Å². The van der Waals surface area contributed by atoms with Crippen LogP contribution < -0.4 is 0 Å². The van der Waals surface area contributed by atoms with Gasteiger partial charge >= 0.3 is 6.18 Å². The minimum Gasteiger partial charge on any atom is -0.392 e. The highest BCUT2D eigenvalue weighted by Crippen LogP contribution is 2.29. The number of aliphatic hydroxyl groups is 1. The molecule has 108 valence electrons. The number of thiophene rings is 1. The van der Waals surface area contributed by atoms with Crippen LogP contribution in [0.4, 0.5) is 13.2 Å². The maximum atomic E-state index is 12.4. The molecule has 1 N–H and O–H groups in total. The van der Waals surface area contributed by atoms with Crippen molar-refractivity contribution in [3.05, 3.63) is 56.7 Å². The summed E-state index contributed by atoms with van der Waals surface area (Å²) in [4.78, 5) is 0.953. The minimum absolute atomic E-state index is 0.313. The Morgan fingerprint density at radius 3 is 2.20 bits per heavy atom. The Labute approximate surface area is 123 Å². The zero-order valence-corrected chi connectivity index (χ0v) is 11.9. The van der Waals surface area contributed by atoms with E-state index in [9.17, 15) is 18.3 Å². The van der Waals surface area contributed by atoms with Crippen LogP contribution in [-0.2, 0) is 19.0 Å². The van der Waals surface area contributed by atoms with Crippen molar-refractivity contribution in [3.8, 4) is 0 Å². The molecule has 1 atom stereocenters. The van der Waals surface area contributed by atoms with Crippen LogP contribution in [0.25, 0.3) is 0 Å². The Hall–Kier alpha value is -1.04. The first-order valence-electron chi connectivity index (χ1n) is 5.93. The first-order valence-corrected chi connectivity index (χ1v) is 7.12. The Morgan fingerprint density at radius 2 is 1.70 bits per heavy atom. The molecular weight excluding hydrogens is 309 g/mol. The molecule has 0 saturated carbocycles. The van der Waals surface area contributed by atoms with Crippen molar-refractivity contribution >= 4 is 22.9 Å². The summed E-state index contributed by atoms with van der Waals surface area (Å²) in [5.74, 6) is 0. The van der Waals surface area contributed by atoms with Gasteiger partial charge < -0.3 is 5.11 Å². The second-order valence-electron chi connectivity index (χ2n) is 4.46. The molecule has 0 bridgehead atoms. The van der Waals surface area contributed by atoms with E-state index in [0.717, 1.165) is 17.0 Å². The average molecular weight is 321 g/mol. The fraction of sp³-hybridized carbons (Fsp3) is 0.286. The summed E-state index contributed by atoms with van der Waals surface area (Å²) >= 11 is 7.18. The third kappa shape index (κ3) is 4.23. The second kappa shape index (κ2) is 6.16. The van der Waals surface area contributed by atoms with Crippen LogP contribution in [0.3, 0.4) is 0 Å². The Kier molecular flexibility index (Phi) is 4.73. The van der Waals surface area contributed by atoms with Crippen molar-refractivity contribution < 1.29 is 18.3 Å². The second-order valence-corrected chi connectivity index (χ2v) is 6.26. The Morgan fingerprint density at radius 1 is 1.05 bits per heavy atom. The molecule has 0 saturated heterocycles. The lowest BCUT2D eigenvalue weighted by Gasteiger charge is -2.11. The summed E-state index contributed by atoms with van der Waals surface area (Å²) in [6.45, 7) is 0. The lowest BCUT2D eigenvalue weighted by molar-refractivity contribution is -0.137. The molecule has 20 heavy (non-hydrogen) atoms. The maximum Gasteiger partial charge on any atom is 0.416 e. The first kappa shape index (κ1) is 15.4. The monoisotopic (exact) mass is 320 g/mol. The van der Waals surface area contributed by atoms with E-state index in [4.69, 9.17) is 11.6 Å². The topological polar surface area (TPSA) is 20.2 Å². The fourth-order valence-corrected chi connectivity index (χ4v) is 3.03. The van der Waals surface area contributed by atoms with Crippen LogP contribution in [0, 0.1) is 0 Å². The lowest BCUT2D eigenvalue weighted by atomic mass is 10.0. The van der Waals surface area contributed by atoms with E-state index in [0.29, 0.717) is 22.7 Å². The van der Waals surface area contributed by atoms with E-state index in [2.05, 4.69) is 0 Å². The molecule has 0 spiro atoms. The zero-order valence-electron chi connectivity index (χ0n) is 10.3. The number of rotatable bonds is 4. The van der Waals surface area contributed by atoms with Crippen LogP contribution in [0.5, 0.6) is 0 Å². The van der Waals surface area contributed by atoms with Gasteiger partial charge in [0.1, 0.15) is 0 Å². The van der Waals surface area contributed by atoms with Crippen molar-refractivity contribution in [3.63, 3.8) is 0 Å². The molecule has 1 unspecified atom stereocenters. The van der Waals surface area contributed by atoms with E-state index >= 15 is 0 Å². The number of hydrogen-bond donors (Lipinski definition) is 1. The van der Waals surface area contributed by atoms with Crippen LogP contribution in [0.15, 0.2) is 36.4 Å². The summed E-state index contributed by atoms with van der Waals surface area (Å²) < 4.78 is 37.9. The number of benzene rings is 1. The van der Waals surface area contributed by atoms with Crippen molar-refractivity contribution in [2.75, 3.05) is 0 Å². The van der Waals surface area contributed by atoms with Gasteiger partial charge in [-0.3, -0.25) is 0 Å². The number of aliphatic hydroxyl groups excluding tert-OH is 1. The van der Waals surface area contributed by atoms with Crippen LogP contribution in [-0.4, -0.2) is 11.2 Å². The van der Waals surface area contributed by atoms with Gasteiger partial charge in [-0.2, -0.15) is 13.2 Å². The summed E-state index contributed by atoms with van der Waals surface area (Å²) in [5.41, 5.74) is -0.00562. The summed E-state index contributed by atoms with van der Waals surface area (Å²) in [7, 11) is 0.